The molecule has 6 heteroatoms. The average molecular weight is 245 g/mol. The van der Waals surface area contributed by atoms with Gasteiger partial charge in [0.1, 0.15) is 17.5 Å². The zero-order valence-electron chi connectivity index (χ0n) is 7.44. The third-order valence-electron chi connectivity index (χ3n) is 1.81. The summed E-state index contributed by atoms with van der Waals surface area (Å²) in [6, 6.07) is 3.25. The third kappa shape index (κ3) is 2.12. The molecule has 0 saturated carbocycles. The fourth-order valence-electron chi connectivity index (χ4n) is 1.08. The lowest BCUT2D eigenvalue weighted by atomic mass is 10.2. The molecule has 2 rings (SSSR count). The number of aromatic nitrogens is 2. The number of nitrogens with zero attached hydrogens (tertiary/aromatic N) is 2. The van der Waals surface area contributed by atoms with Gasteiger partial charge >= 0.3 is 0 Å². The molecule has 78 valence electrons. The van der Waals surface area contributed by atoms with Crippen LogP contribution in [0.4, 0.5) is 0 Å². The van der Waals surface area contributed by atoms with Crippen LogP contribution in [0.5, 0.6) is 0 Å². The number of hydrogen-bond acceptors (Lipinski definition) is 4. The van der Waals surface area contributed by atoms with Crippen molar-refractivity contribution in [1.29, 1.82) is 0 Å². The molecule has 2 heterocycles. The SMILES string of the molecule is OCc1cc(-c2cnc(Cl)c(Cl)c2)no1. The van der Waals surface area contributed by atoms with Crippen LogP contribution < -0.4 is 0 Å². The number of aliphatic hydroxyl groups excluding tert-OH is 1. The minimum atomic E-state index is -0.193. The summed E-state index contributed by atoms with van der Waals surface area (Å²) in [5.74, 6) is 0.385. The van der Waals surface area contributed by atoms with E-state index in [2.05, 4.69) is 10.1 Å². The Morgan fingerprint density at radius 2 is 2.13 bits per heavy atom. The Bertz CT molecular complexity index is 485. The first kappa shape index (κ1) is 10.4. The van der Waals surface area contributed by atoms with E-state index in [1.165, 1.54) is 6.20 Å². The molecule has 15 heavy (non-hydrogen) atoms. The standard InChI is InChI=1S/C9H6Cl2N2O2/c10-7-1-5(3-12-9(7)11)8-2-6(4-14)15-13-8/h1-3,14H,4H2. The van der Waals surface area contributed by atoms with E-state index < -0.39 is 0 Å². The summed E-state index contributed by atoms with van der Waals surface area (Å²) >= 11 is 11.5. The van der Waals surface area contributed by atoms with Gasteiger partial charge in [0.25, 0.3) is 0 Å². The molecule has 0 bridgehead atoms. The summed E-state index contributed by atoms with van der Waals surface area (Å²) < 4.78 is 4.83. The van der Waals surface area contributed by atoms with Crippen LogP contribution in [-0.4, -0.2) is 15.2 Å². The first-order chi connectivity index (χ1) is 7.20. The van der Waals surface area contributed by atoms with Gasteiger partial charge in [0.15, 0.2) is 5.76 Å². The highest BCUT2D eigenvalue weighted by Crippen LogP contribution is 2.25. The van der Waals surface area contributed by atoms with Gasteiger partial charge in [0.05, 0.1) is 5.02 Å². The van der Waals surface area contributed by atoms with Gasteiger partial charge in [-0.1, -0.05) is 28.4 Å². The minimum absolute atomic E-state index is 0.193. The Kier molecular flexibility index (Phi) is 2.90. The maximum atomic E-state index is 8.80. The van der Waals surface area contributed by atoms with E-state index in [0.29, 0.717) is 22.0 Å². The zero-order valence-corrected chi connectivity index (χ0v) is 8.96. The molecule has 0 radical (unpaired) electrons. The number of hydrogen-bond donors (Lipinski definition) is 1. The van der Waals surface area contributed by atoms with E-state index in [1.807, 2.05) is 0 Å². The molecule has 0 fully saturated rings. The largest absolute Gasteiger partial charge is 0.388 e. The smallest absolute Gasteiger partial charge is 0.162 e. The summed E-state index contributed by atoms with van der Waals surface area (Å²) in [6.07, 6.45) is 1.53. The van der Waals surface area contributed by atoms with Crippen molar-refractivity contribution < 1.29 is 9.63 Å². The van der Waals surface area contributed by atoms with Crippen molar-refractivity contribution in [1.82, 2.24) is 10.1 Å². The van der Waals surface area contributed by atoms with Crippen LogP contribution in [0.15, 0.2) is 22.9 Å². The molecule has 4 nitrogen and oxygen atoms in total. The van der Waals surface area contributed by atoms with E-state index in [-0.39, 0.29) is 11.8 Å². The molecule has 0 atom stereocenters. The van der Waals surface area contributed by atoms with Gasteiger partial charge in [-0.15, -0.1) is 0 Å². The Balaban J connectivity index is 2.40. The summed E-state index contributed by atoms with van der Waals surface area (Å²) in [6.45, 7) is -0.193. The van der Waals surface area contributed by atoms with Gasteiger partial charge in [-0.2, -0.15) is 0 Å². The molecule has 0 spiro atoms. The van der Waals surface area contributed by atoms with E-state index in [0.717, 1.165) is 0 Å². The number of rotatable bonds is 2. The lowest BCUT2D eigenvalue weighted by Crippen LogP contribution is -1.81. The van der Waals surface area contributed by atoms with Crippen molar-refractivity contribution in [3.05, 3.63) is 34.3 Å². The molecule has 0 aromatic carbocycles. The maximum Gasteiger partial charge on any atom is 0.162 e. The predicted molar refractivity (Wildman–Crippen MR) is 55.7 cm³/mol. The second-order valence-corrected chi connectivity index (χ2v) is 3.60. The molecule has 2 aromatic heterocycles. The molecule has 0 amide bonds. The summed E-state index contributed by atoms with van der Waals surface area (Å²) in [5.41, 5.74) is 1.25. The van der Waals surface area contributed by atoms with E-state index in [1.54, 1.807) is 12.1 Å². The van der Waals surface area contributed by atoms with E-state index >= 15 is 0 Å². The molecule has 0 aliphatic carbocycles. The van der Waals surface area contributed by atoms with Crippen LogP contribution in [0.1, 0.15) is 5.76 Å². The van der Waals surface area contributed by atoms with Gasteiger partial charge in [-0.25, -0.2) is 4.98 Å². The van der Waals surface area contributed by atoms with Gasteiger partial charge in [0, 0.05) is 17.8 Å². The molecule has 0 unspecified atom stereocenters. The molecule has 2 aromatic rings. The monoisotopic (exact) mass is 244 g/mol. The van der Waals surface area contributed by atoms with Crippen molar-refractivity contribution in [2.75, 3.05) is 0 Å². The second-order valence-electron chi connectivity index (χ2n) is 2.83. The highest BCUT2D eigenvalue weighted by molar-refractivity contribution is 6.41. The Labute approximate surface area is 95.4 Å². The van der Waals surface area contributed by atoms with Crippen LogP contribution in [-0.2, 0) is 6.61 Å². The van der Waals surface area contributed by atoms with Crippen molar-refractivity contribution in [2.24, 2.45) is 0 Å². The molecular formula is C9H6Cl2N2O2. The molecule has 0 aliphatic heterocycles. The summed E-state index contributed by atoms with van der Waals surface area (Å²) in [5, 5.41) is 13.1. The fraction of sp³-hybridized carbons (Fsp3) is 0.111. The molecular weight excluding hydrogens is 239 g/mol. The quantitative estimate of drug-likeness (QED) is 0.826. The highest BCUT2D eigenvalue weighted by atomic mass is 35.5. The maximum absolute atomic E-state index is 8.80. The normalized spacial score (nSPS) is 10.6. The zero-order chi connectivity index (χ0) is 10.8. The number of pyridine rings is 1. The number of halogens is 2. The Morgan fingerprint density at radius 1 is 1.33 bits per heavy atom. The van der Waals surface area contributed by atoms with Crippen molar-refractivity contribution in [3.8, 4) is 11.3 Å². The lowest BCUT2D eigenvalue weighted by molar-refractivity contribution is 0.229. The first-order valence-electron chi connectivity index (χ1n) is 4.08. The second kappa shape index (κ2) is 4.18. The van der Waals surface area contributed by atoms with Gasteiger partial charge in [0.2, 0.25) is 0 Å². The van der Waals surface area contributed by atoms with Crippen molar-refractivity contribution >= 4 is 23.2 Å². The molecule has 0 aliphatic rings. The summed E-state index contributed by atoms with van der Waals surface area (Å²) in [4.78, 5) is 3.88. The molecule has 0 saturated heterocycles. The topological polar surface area (TPSA) is 59.2 Å². The Morgan fingerprint density at radius 3 is 2.73 bits per heavy atom. The van der Waals surface area contributed by atoms with Crippen LogP contribution in [0, 0.1) is 0 Å². The highest BCUT2D eigenvalue weighted by Gasteiger charge is 2.08. The number of aliphatic hydroxyl groups is 1. The van der Waals surface area contributed by atoms with Crippen LogP contribution in [0.2, 0.25) is 10.2 Å². The van der Waals surface area contributed by atoms with Gasteiger partial charge < -0.3 is 9.63 Å². The van der Waals surface area contributed by atoms with Crippen molar-refractivity contribution in [3.63, 3.8) is 0 Å². The van der Waals surface area contributed by atoms with E-state index in [9.17, 15) is 0 Å². The van der Waals surface area contributed by atoms with Gasteiger partial charge in [-0.3, -0.25) is 0 Å². The van der Waals surface area contributed by atoms with Crippen LogP contribution in [0.3, 0.4) is 0 Å². The fourth-order valence-corrected chi connectivity index (χ4v) is 1.35. The first-order valence-corrected chi connectivity index (χ1v) is 4.84. The molecule has 1 N–H and O–H groups in total. The minimum Gasteiger partial charge on any atom is -0.388 e. The average Bonchev–Trinajstić information content (AvgIpc) is 2.70. The lowest BCUT2D eigenvalue weighted by Gasteiger charge is -1.97. The van der Waals surface area contributed by atoms with Gasteiger partial charge in [-0.05, 0) is 6.07 Å². The Hall–Kier alpha value is -1.10. The van der Waals surface area contributed by atoms with Crippen LogP contribution in [0.25, 0.3) is 11.3 Å². The summed E-state index contributed by atoms with van der Waals surface area (Å²) in [7, 11) is 0. The van der Waals surface area contributed by atoms with Crippen LogP contribution >= 0.6 is 23.2 Å². The predicted octanol–water partition coefficient (Wildman–Crippen LogP) is 2.54. The third-order valence-corrected chi connectivity index (χ3v) is 2.49. The van der Waals surface area contributed by atoms with E-state index in [4.69, 9.17) is 32.8 Å². The van der Waals surface area contributed by atoms with Crippen molar-refractivity contribution in [2.45, 2.75) is 6.61 Å².